The van der Waals surface area contributed by atoms with Crippen molar-refractivity contribution in [2.24, 2.45) is 0 Å². The van der Waals surface area contributed by atoms with E-state index in [1.54, 1.807) is 6.07 Å². The molecule has 0 radical (unpaired) electrons. The van der Waals surface area contributed by atoms with Crippen molar-refractivity contribution in [2.45, 2.75) is 32.0 Å². The number of nitrogens with one attached hydrogen (secondary N) is 1. The Hall–Kier alpha value is -1.69. The highest BCUT2D eigenvalue weighted by atomic mass is 79.9. The molecular weight excluding hydrogens is 380 g/mol. The Kier molecular flexibility index (Phi) is 6.24. The maximum Gasteiger partial charge on any atom is 0.252 e. The van der Waals surface area contributed by atoms with E-state index in [0.717, 1.165) is 42.5 Å². The van der Waals surface area contributed by atoms with Gasteiger partial charge in [0, 0.05) is 30.7 Å². The molecule has 5 heteroatoms. The SMILES string of the molecule is O=C(NCc1ccc(CN2CCC(O)CC2)cc1)c1ccccc1Br. The third-order valence-electron chi connectivity index (χ3n) is 4.56. The third-order valence-corrected chi connectivity index (χ3v) is 5.25. The normalized spacial score (nSPS) is 15.9. The second kappa shape index (κ2) is 8.61. The van der Waals surface area contributed by atoms with Crippen molar-refractivity contribution in [3.05, 3.63) is 69.7 Å². The highest BCUT2D eigenvalue weighted by molar-refractivity contribution is 9.10. The molecule has 2 aromatic carbocycles. The Balaban J connectivity index is 1.51. The minimum atomic E-state index is -0.133. The van der Waals surface area contributed by atoms with Crippen molar-refractivity contribution < 1.29 is 9.90 Å². The van der Waals surface area contributed by atoms with Gasteiger partial charge in [-0.2, -0.15) is 0 Å². The van der Waals surface area contributed by atoms with Crippen molar-refractivity contribution >= 4 is 21.8 Å². The molecule has 0 atom stereocenters. The summed E-state index contributed by atoms with van der Waals surface area (Å²) in [6.07, 6.45) is 1.59. The minimum Gasteiger partial charge on any atom is -0.393 e. The minimum absolute atomic E-state index is 0.0802. The van der Waals surface area contributed by atoms with Gasteiger partial charge in [0.25, 0.3) is 5.91 Å². The van der Waals surface area contributed by atoms with E-state index in [0.29, 0.717) is 12.1 Å². The van der Waals surface area contributed by atoms with Crippen LogP contribution in [0.2, 0.25) is 0 Å². The molecule has 1 amide bonds. The fourth-order valence-electron chi connectivity index (χ4n) is 3.02. The van der Waals surface area contributed by atoms with Crippen LogP contribution in [0.15, 0.2) is 53.0 Å². The van der Waals surface area contributed by atoms with E-state index in [9.17, 15) is 9.90 Å². The molecule has 1 aliphatic rings. The number of nitrogens with zero attached hydrogens (tertiary/aromatic N) is 1. The Morgan fingerprint density at radius 2 is 1.72 bits per heavy atom. The molecular formula is C20H23BrN2O2. The largest absolute Gasteiger partial charge is 0.393 e. The fraction of sp³-hybridized carbons (Fsp3) is 0.350. The van der Waals surface area contributed by atoms with Crippen LogP contribution in [0.1, 0.15) is 34.3 Å². The van der Waals surface area contributed by atoms with Crippen molar-refractivity contribution in [2.75, 3.05) is 13.1 Å². The van der Waals surface area contributed by atoms with Crippen LogP contribution in [0.25, 0.3) is 0 Å². The van der Waals surface area contributed by atoms with Crippen molar-refractivity contribution in [3.8, 4) is 0 Å². The number of carbonyl (C=O) groups excluding carboxylic acids is 1. The van der Waals surface area contributed by atoms with Gasteiger partial charge in [0.2, 0.25) is 0 Å². The summed E-state index contributed by atoms with van der Waals surface area (Å²) < 4.78 is 0.800. The molecule has 4 nitrogen and oxygen atoms in total. The number of amides is 1. The van der Waals surface area contributed by atoms with Gasteiger partial charge in [-0.3, -0.25) is 9.69 Å². The van der Waals surface area contributed by atoms with Gasteiger partial charge >= 0.3 is 0 Å². The van der Waals surface area contributed by atoms with Gasteiger partial charge in [0.15, 0.2) is 0 Å². The van der Waals surface area contributed by atoms with Crippen molar-refractivity contribution in [1.82, 2.24) is 10.2 Å². The zero-order valence-electron chi connectivity index (χ0n) is 14.1. The third kappa shape index (κ3) is 5.14. The summed E-state index contributed by atoms with van der Waals surface area (Å²) in [5, 5.41) is 12.5. The van der Waals surface area contributed by atoms with Gasteiger partial charge in [0.05, 0.1) is 11.7 Å². The number of likely N-dealkylation sites (tertiary alicyclic amines) is 1. The molecule has 1 heterocycles. The Labute approximate surface area is 157 Å². The van der Waals surface area contributed by atoms with E-state index in [4.69, 9.17) is 0 Å². The predicted octanol–water partition coefficient (Wildman–Crippen LogP) is 3.34. The number of rotatable bonds is 5. The van der Waals surface area contributed by atoms with Gasteiger partial charge in [0.1, 0.15) is 0 Å². The van der Waals surface area contributed by atoms with Crippen LogP contribution in [-0.2, 0) is 13.1 Å². The highest BCUT2D eigenvalue weighted by Crippen LogP contribution is 2.16. The second-order valence-corrected chi connectivity index (χ2v) is 7.34. The van der Waals surface area contributed by atoms with Gasteiger partial charge in [-0.05, 0) is 52.0 Å². The van der Waals surface area contributed by atoms with E-state index >= 15 is 0 Å². The predicted molar refractivity (Wildman–Crippen MR) is 102 cm³/mol. The van der Waals surface area contributed by atoms with Gasteiger partial charge in [-0.25, -0.2) is 0 Å². The summed E-state index contributed by atoms with van der Waals surface area (Å²) in [5.41, 5.74) is 2.99. The molecule has 1 saturated heterocycles. The topological polar surface area (TPSA) is 52.6 Å². The zero-order chi connectivity index (χ0) is 17.6. The lowest BCUT2D eigenvalue weighted by molar-refractivity contribution is 0.0792. The van der Waals surface area contributed by atoms with E-state index < -0.39 is 0 Å². The van der Waals surface area contributed by atoms with E-state index in [-0.39, 0.29) is 12.0 Å². The number of aliphatic hydroxyl groups is 1. The molecule has 0 unspecified atom stereocenters. The molecule has 0 bridgehead atoms. The molecule has 25 heavy (non-hydrogen) atoms. The molecule has 0 aromatic heterocycles. The maximum absolute atomic E-state index is 12.2. The van der Waals surface area contributed by atoms with Gasteiger partial charge < -0.3 is 10.4 Å². The Morgan fingerprint density at radius 3 is 2.40 bits per heavy atom. The lowest BCUT2D eigenvalue weighted by Gasteiger charge is -2.29. The van der Waals surface area contributed by atoms with Crippen molar-refractivity contribution in [3.63, 3.8) is 0 Å². The van der Waals surface area contributed by atoms with Crippen LogP contribution in [0.5, 0.6) is 0 Å². The molecule has 3 rings (SSSR count). The molecule has 1 fully saturated rings. The summed E-state index contributed by atoms with van der Waals surface area (Å²) in [7, 11) is 0. The van der Waals surface area contributed by atoms with Crippen LogP contribution < -0.4 is 5.32 Å². The number of halogens is 1. The average molecular weight is 403 g/mol. The summed E-state index contributed by atoms with van der Waals surface area (Å²) in [6.45, 7) is 3.32. The Bertz CT molecular complexity index is 710. The van der Waals surface area contributed by atoms with Crippen molar-refractivity contribution in [1.29, 1.82) is 0 Å². The molecule has 1 aliphatic heterocycles. The lowest BCUT2D eigenvalue weighted by Crippen LogP contribution is -2.35. The fourth-order valence-corrected chi connectivity index (χ4v) is 3.49. The van der Waals surface area contributed by atoms with E-state index in [2.05, 4.69) is 50.4 Å². The number of carbonyl (C=O) groups is 1. The van der Waals surface area contributed by atoms with Crippen LogP contribution in [0.4, 0.5) is 0 Å². The maximum atomic E-state index is 12.2. The standard InChI is InChI=1S/C20H23BrN2O2/c21-19-4-2-1-3-18(19)20(25)22-13-15-5-7-16(8-6-15)14-23-11-9-17(24)10-12-23/h1-8,17,24H,9-14H2,(H,22,25). The first-order valence-corrected chi connectivity index (χ1v) is 9.42. The monoisotopic (exact) mass is 402 g/mol. The van der Waals surface area contributed by atoms with Crippen LogP contribution in [0.3, 0.4) is 0 Å². The lowest BCUT2D eigenvalue weighted by atomic mass is 10.1. The molecule has 2 aromatic rings. The molecule has 0 aliphatic carbocycles. The average Bonchev–Trinajstić information content (AvgIpc) is 2.63. The van der Waals surface area contributed by atoms with Crippen LogP contribution >= 0.6 is 15.9 Å². The summed E-state index contributed by atoms with van der Waals surface area (Å²) in [6, 6.07) is 15.8. The summed E-state index contributed by atoms with van der Waals surface area (Å²) in [5.74, 6) is -0.0802. The van der Waals surface area contributed by atoms with E-state index in [1.165, 1.54) is 5.56 Å². The molecule has 0 spiro atoms. The van der Waals surface area contributed by atoms with Crippen LogP contribution in [-0.4, -0.2) is 35.1 Å². The number of aliphatic hydroxyl groups excluding tert-OH is 1. The summed E-state index contributed by atoms with van der Waals surface area (Å²) in [4.78, 5) is 14.6. The first-order chi connectivity index (χ1) is 12.1. The number of hydrogen-bond acceptors (Lipinski definition) is 3. The van der Waals surface area contributed by atoms with Crippen LogP contribution in [0, 0.1) is 0 Å². The van der Waals surface area contributed by atoms with E-state index in [1.807, 2.05) is 18.2 Å². The number of benzene rings is 2. The van der Waals surface area contributed by atoms with Gasteiger partial charge in [-0.1, -0.05) is 36.4 Å². The quantitative estimate of drug-likeness (QED) is 0.806. The second-order valence-electron chi connectivity index (χ2n) is 6.49. The smallest absolute Gasteiger partial charge is 0.252 e. The Morgan fingerprint density at radius 1 is 1.08 bits per heavy atom. The molecule has 2 N–H and O–H groups in total. The first kappa shape index (κ1) is 18.1. The molecule has 0 saturated carbocycles. The highest BCUT2D eigenvalue weighted by Gasteiger charge is 2.16. The number of hydrogen-bond donors (Lipinski definition) is 2. The summed E-state index contributed by atoms with van der Waals surface area (Å²) >= 11 is 3.40. The van der Waals surface area contributed by atoms with Gasteiger partial charge in [-0.15, -0.1) is 0 Å². The molecule has 132 valence electrons. The first-order valence-electron chi connectivity index (χ1n) is 8.63. The number of piperidine rings is 1. The zero-order valence-corrected chi connectivity index (χ0v) is 15.7.